The largest absolute Gasteiger partial charge is 0.485 e. The van der Waals surface area contributed by atoms with Crippen molar-refractivity contribution in [3.8, 4) is 5.75 Å². The van der Waals surface area contributed by atoms with Crippen LogP contribution in [0.1, 0.15) is 13.8 Å². The van der Waals surface area contributed by atoms with Crippen LogP contribution in [0.5, 0.6) is 5.75 Å². The molecule has 14 heavy (non-hydrogen) atoms. The standard InChI is InChI=1S/C11H14O2P/c1-9(2)7-14(12)8-13-10-5-3-4-6-11(10)14/h3-5,9H,7-8H2,1-2H3. The van der Waals surface area contributed by atoms with Crippen LogP contribution in [0.15, 0.2) is 18.2 Å². The van der Waals surface area contributed by atoms with Gasteiger partial charge >= 0.3 is 0 Å². The molecule has 3 heteroatoms. The van der Waals surface area contributed by atoms with Crippen LogP contribution in [0.2, 0.25) is 0 Å². The van der Waals surface area contributed by atoms with E-state index in [1.807, 2.05) is 12.1 Å². The monoisotopic (exact) mass is 209 g/mol. The first-order valence-electron chi connectivity index (χ1n) is 4.84. The van der Waals surface area contributed by atoms with Crippen molar-refractivity contribution in [1.29, 1.82) is 0 Å². The smallest absolute Gasteiger partial charge is 0.155 e. The molecule has 0 aromatic heterocycles. The molecule has 1 radical (unpaired) electrons. The Labute approximate surface area is 84.7 Å². The molecule has 0 aliphatic carbocycles. The average molecular weight is 209 g/mol. The molecule has 1 unspecified atom stereocenters. The third kappa shape index (κ3) is 1.59. The van der Waals surface area contributed by atoms with Gasteiger partial charge in [0.25, 0.3) is 0 Å². The molecule has 75 valence electrons. The first-order chi connectivity index (χ1) is 6.62. The van der Waals surface area contributed by atoms with Crippen molar-refractivity contribution in [2.45, 2.75) is 13.8 Å². The maximum Gasteiger partial charge on any atom is 0.155 e. The van der Waals surface area contributed by atoms with Crippen LogP contribution in [0.25, 0.3) is 0 Å². The predicted octanol–water partition coefficient (Wildman–Crippen LogP) is 2.48. The Morgan fingerprint density at radius 1 is 1.64 bits per heavy atom. The van der Waals surface area contributed by atoms with E-state index in [-0.39, 0.29) is 0 Å². The third-order valence-corrected chi connectivity index (χ3v) is 5.32. The van der Waals surface area contributed by atoms with Gasteiger partial charge < -0.3 is 9.30 Å². The Kier molecular flexibility index (Phi) is 2.40. The zero-order chi connectivity index (χ0) is 10.2. The molecule has 0 saturated heterocycles. The van der Waals surface area contributed by atoms with Crippen LogP contribution >= 0.6 is 7.14 Å². The molecule has 0 fully saturated rings. The van der Waals surface area contributed by atoms with Gasteiger partial charge in [-0.3, -0.25) is 0 Å². The topological polar surface area (TPSA) is 26.3 Å². The van der Waals surface area contributed by atoms with Gasteiger partial charge in [-0.15, -0.1) is 0 Å². The number of hydrogen-bond acceptors (Lipinski definition) is 2. The third-order valence-electron chi connectivity index (χ3n) is 2.29. The average Bonchev–Trinajstić information content (AvgIpc) is 2.44. The van der Waals surface area contributed by atoms with Gasteiger partial charge in [0.15, 0.2) is 7.14 Å². The summed E-state index contributed by atoms with van der Waals surface area (Å²) in [5, 5.41) is 0.814. The Morgan fingerprint density at radius 3 is 3.14 bits per heavy atom. The fourth-order valence-corrected chi connectivity index (χ4v) is 4.61. The van der Waals surface area contributed by atoms with Gasteiger partial charge in [-0.05, 0) is 18.1 Å². The number of fused-ring (bicyclic) bond motifs is 1. The molecule has 1 aromatic rings. The van der Waals surface area contributed by atoms with Crippen LogP contribution in [0.3, 0.4) is 0 Å². The molecule has 1 aliphatic heterocycles. The Balaban J connectivity index is 2.38. The van der Waals surface area contributed by atoms with E-state index in [4.69, 9.17) is 4.74 Å². The van der Waals surface area contributed by atoms with Crippen LogP contribution in [-0.4, -0.2) is 12.5 Å². The van der Waals surface area contributed by atoms with E-state index in [2.05, 4.69) is 19.9 Å². The lowest BCUT2D eigenvalue weighted by Crippen LogP contribution is -2.08. The Hall–Kier alpha value is -0.750. The molecule has 1 aromatic carbocycles. The highest BCUT2D eigenvalue weighted by Crippen LogP contribution is 2.52. The van der Waals surface area contributed by atoms with E-state index in [1.54, 1.807) is 6.07 Å². The molecule has 1 heterocycles. The molecule has 2 nitrogen and oxygen atoms in total. The maximum atomic E-state index is 12.5. The van der Waals surface area contributed by atoms with E-state index in [0.29, 0.717) is 12.3 Å². The number of ether oxygens (including phenoxy) is 1. The van der Waals surface area contributed by atoms with Crippen molar-refractivity contribution in [2.75, 3.05) is 12.5 Å². The Morgan fingerprint density at radius 2 is 2.43 bits per heavy atom. The van der Waals surface area contributed by atoms with Crippen molar-refractivity contribution in [3.63, 3.8) is 0 Å². The minimum Gasteiger partial charge on any atom is -0.485 e. The summed E-state index contributed by atoms with van der Waals surface area (Å²) < 4.78 is 17.9. The van der Waals surface area contributed by atoms with Crippen LogP contribution in [0, 0.1) is 12.0 Å². The molecule has 0 N–H and O–H groups in total. The van der Waals surface area contributed by atoms with Gasteiger partial charge in [0.1, 0.15) is 12.1 Å². The molecular weight excluding hydrogens is 195 g/mol. The summed E-state index contributed by atoms with van der Waals surface area (Å²) in [5.41, 5.74) is 0. The highest BCUT2D eigenvalue weighted by molar-refractivity contribution is 7.72. The lowest BCUT2D eigenvalue weighted by Gasteiger charge is -2.12. The summed E-state index contributed by atoms with van der Waals surface area (Å²) in [4.78, 5) is 0. The van der Waals surface area contributed by atoms with Gasteiger partial charge in [0, 0.05) is 6.16 Å². The van der Waals surface area contributed by atoms with Crippen molar-refractivity contribution in [1.82, 2.24) is 0 Å². The normalized spacial score (nSPS) is 24.8. The fraction of sp³-hybridized carbons (Fsp3) is 0.455. The second-order valence-corrected chi connectivity index (χ2v) is 6.97. The minimum absolute atomic E-state index is 0.362. The first kappa shape index (κ1) is 9.79. The van der Waals surface area contributed by atoms with Crippen molar-refractivity contribution in [3.05, 3.63) is 24.3 Å². The maximum absolute atomic E-state index is 12.5. The quantitative estimate of drug-likeness (QED) is 0.699. The summed E-state index contributed by atoms with van der Waals surface area (Å²) in [6.07, 6.45) is 1.08. The van der Waals surface area contributed by atoms with Gasteiger partial charge in [-0.2, -0.15) is 0 Å². The molecule has 0 saturated carbocycles. The molecule has 0 spiro atoms. The predicted molar refractivity (Wildman–Crippen MR) is 57.7 cm³/mol. The molecular formula is C11H14O2P. The van der Waals surface area contributed by atoms with E-state index >= 15 is 0 Å². The van der Waals surface area contributed by atoms with Gasteiger partial charge in [-0.1, -0.05) is 26.0 Å². The molecule has 1 atom stereocenters. The van der Waals surface area contributed by atoms with Crippen LogP contribution < -0.4 is 10.0 Å². The van der Waals surface area contributed by atoms with Gasteiger partial charge in [0.2, 0.25) is 0 Å². The lowest BCUT2D eigenvalue weighted by atomic mass is 10.3. The van der Waals surface area contributed by atoms with Crippen LogP contribution in [-0.2, 0) is 4.57 Å². The second kappa shape index (κ2) is 3.43. The SMILES string of the molecule is CC(C)CP1(=O)COc2ccc[c]c21. The van der Waals surface area contributed by atoms with Gasteiger partial charge in [0.05, 0.1) is 5.30 Å². The van der Waals surface area contributed by atoms with Gasteiger partial charge in [-0.25, -0.2) is 0 Å². The van der Waals surface area contributed by atoms with E-state index < -0.39 is 7.14 Å². The zero-order valence-corrected chi connectivity index (χ0v) is 9.38. The van der Waals surface area contributed by atoms with Crippen molar-refractivity contribution in [2.24, 2.45) is 5.92 Å². The second-order valence-electron chi connectivity index (χ2n) is 4.12. The fourth-order valence-electron chi connectivity index (χ4n) is 1.82. The zero-order valence-electron chi connectivity index (χ0n) is 8.49. The van der Waals surface area contributed by atoms with E-state index in [9.17, 15) is 4.57 Å². The molecule has 0 bridgehead atoms. The summed E-state index contributed by atoms with van der Waals surface area (Å²) >= 11 is 0. The lowest BCUT2D eigenvalue weighted by molar-refractivity contribution is 0.392. The molecule has 1 aliphatic rings. The summed E-state index contributed by atoms with van der Waals surface area (Å²) in [7, 11) is -2.29. The van der Waals surface area contributed by atoms with E-state index in [1.165, 1.54) is 0 Å². The summed E-state index contributed by atoms with van der Waals surface area (Å²) in [5.74, 6) is 1.19. The summed E-state index contributed by atoms with van der Waals surface area (Å²) in [6, 6.07) is 8.59. The minimum atomic E-state index is -2.29. The number of hydrogen-bond donors (Lipinski definition) is 0. The van der Waals surface area contributed by atoms with Crippen LogP contribution in [0.4, 0.5) is 0 Å². The first-order valence-corrected chi connectivity index (χ1v) is 6.92. The van der Waals surface area contributed by atoms with E-state index in [0.717, 1.165) is 17.2 Å². The highest BCUT2D eigenvalue weighted by Gasteiger charge is 2.35. The Bertz CT molecular complexity index is 385. The van der Waals surface area contributed by atoms with Crippen molar-refractivity contribution >= 4 is 12.4 Å². The molecule has 2 rings (SSSR count). The summed E-state index contributed by atoms with van der Waals surface area (Å²) in [6.45, 7) is 4.17. The molecule has 0 amide bonds. The number of rotatable bonds is 2. The highest BCUT2D eigenvalue weighted by atomic mass is 31.2. The number of benzene rings is 1. The van der Waals surface area contributed by atoms with Crippen molar-refractivity contribution < 1.29 is 9.30 Å².